The van der Waals surface area contributed by atoms with Gasteiger partial charge in [-0.25, -0.2) is 0 Å². The van der Waals surface area contributed by atoms with Crippen LogP contribution in [-0.2, 0) is 6.54 Å². The lowest BCUT2D eigenvalue weighted by molar-refractivity contribution is 0.121. The number of phenolic OH excluding ortho intramolecular Hbond substituents is 1. The molecule has 2 nitrogen and oxygen atoms in total. The average Bonchev–Trinajstić information content (AvgIpc) is 2.26. The highest BCUT2D eigenvalue weighted by Gasteiger charge is 2.24. The van der Waals surface area contributed by atoms with E-state index in [1.54, 1.807) is 12.1 Å². The Bertz CT molecular complexity index is 374. The number of aromatic hydroxyl groups is 1. The summed E-state index contributed by atoms with van der Waals surface area (Å²) in [7, 11) is 0. The fourth-order valence-corrected chi connectivity index (χ4v) is 2.83. The Morgan fingerprint density at radius 2 is 2.18 bits per heavy atom. The highest BCUT2D eigenvalue weighted by molar-refractivity contribution is 6.31. The molecule has 1 fully saturated rings. The molecule has 1 saturated heterocycles. The van der Waals surface area contributed by atoms with Crippen LogP contribution in [0.4, 0.5) is 0 Å². The Hall–Kier alpha value is -0.730. The second kappa shape index (κ2) is 5.28. The van der Waals surface area contributed by atoms with E-state index in [1.165, 1.54) is 12.8 Å². The van der Waals surface area contributed by atoms with E-state index in [-0.39, 0.29) is 0 Å². The molecule has 0 radical (unpaired) electrons. The molecule has 94 valence electrons. The lowest BCUT2D eigenvalue weighted by Gasteiger charge is -2.36. The second-order valence-corrected chi connectivity index (χ2v) is 5.59. The molecule has 2 unspecified atom stereocenters. The number of benzene rings is 1. The fraction of sp³-hybridized carbons (Fsp3) is 0.571. The Morgan fingerprint density at radius 3 is 2.82 bits per heavy atom. The third-order valence-electron chi connectivity index (χ3n) is 3.73. The zero-order valence-corrected chi connectivity index (χ0v) is 11.2. The maximum Gasteiger partial charge on any atom is 0.121 e. The number of piperidine rings is 1. The van der Waals surface area contributed by atoms with Gasteiger partial charge in [-0.2, -0.15) is 0 Å². The third kappa shape index (κ3) is 2.93. The molecule has 0 spiro atoms. The molecule has 3 heteroatoms. The van der Waals surface area contributed by atoms with Gasteiger partial charge in [0, 0.05) is 23.2 Å². The van der Waals surface area contributed by atoms with Crippen molar-refractivity contribution in [2.45, 2.75) is 39.3 Å². The zero-order valence-electron chi connectivity index (χ0n) is 10.5. The van der Waals surface area contributed by atoms with Crippen LogP contribution in [0.1, 0.15) is 32.3 Å². The molecule has 1 aromatic rings. The number of hydrogen-bond acceptors (Lipinski definition) is 2. The molecule has 1 N–H and O–H groups in total. The van der Waals surface area contributed by atoms with Crippen molar-refractivity contribution in [3.05, 3.63) is 28.8 Å². The van der Waals surface area contributed by atoms with Crippen LogP contribution in [0, 0.1) is 5.92 Å². The molecule has 1 aliphatic rings. The van der Waals surface area contributed by atoms with E-state index in [9.17, 15) is 5.11 Å². The van der Waals surface area contributed by atoms with E-state index in [0.717, 1.165) is 24.6 Å². The summed E-state index contributed by atoms with van der Waals surface area (Å²) in [4.78, 5) is 2.40. The molecule has 2 rings (SSSR count). The number of phenols is 1. The summed E-state index contributed by atoms with van der Waals surface area (Å²) < 4.78 is 0. The number of likely N-dealkylation sites (tertiary alicyclic amines) is 1. The van der Waals surface area contributed by atoms with Gasteiger partial charge in [0.2, 0.25) is 0 Å². The summed E-state index contributed by atoms with van der Waals surface area (Å²) in [6.07, 6.45) is 2.46. The van der Waals surface area contributed by atoms with Gasteiger partial charge in [0.25, 0.3) is 0 Å². The SMILES string of the molecule is CC1CCN(Cc2c(O)cccc2Cl)C(C)C1. The molecule has 0 aromatic heterocycles. The minimum absolute atomic E-state index is 0.309. The van der Waals surface area contributed by atoms with Crippen LogP contribution in [0.25, 0.3) is 0 Å². The van der Waals surface area contributed by atoms with E-state index < -0.39 is 0 Å². The minimum Gasteiger partial charge on any atom is -0.508 e. The standard InChI is InChI=1S/C14H20ClNO/c1-10-6-7-16(11(2)8-10)9-12-13(15)4-3-5-14(12)17/h3-5,10-11,17H,6-9H2,1-2H3. The minimum atomic E-state index is 0.309. The zero-order chi connectivity index (χ0) is 12.4. The summed E-state index contributed by atoms with van der Waals surface area (Å²) in [5, 5.41) is 10.5. The maximum atomic E-state index is 9.85. The molecule has 0 saturated carbocycles. The fourth-order valence-electron chi connectivity index (χ4n) is 2.60. The Kier molecular flexibility index (Phi) is 3.95. The van der Waals surface area contributed by atoms with Crippen LogP contribution in [-0.4, -0.2) is 22.6 Å². The smallest absolute Gasteiger partial charge is 0.121 e. The normalized spacial score (nSPS) is 26.1. The summed E-state index contributed by atoms with van der Waals surface area (Å²) >= 11 is 6.14. The molecular weight excluding hydrogens is 234 g/mol. The van der Waals surface area contributed by atoms with Crippen LogP contribution in [0.15, 0.2) is 18.2 Å². The predicted molar refractivity (Wildman–Crippen MR) is 71.4 cm³/mol. The number of hydrogen-bond donors (Lipinski definition) is 1. The van der Waals surface area contributed by atoms with Crippen LogP contribution in [0.2, 0.25) is 5.02 Å². The van der Waals surface area contributed by atoms with Crippen LogP contribution in [0.5, 0.6) is 5.75 Å². The molecule has 1 aromatic carbocycles. The first-order valence-corrected chi connectivity index (χ1v) is 6.66. The van der Waals surface area contributed by atoms with E-state index >= 15 is 0 Å². The van der Waals surface area contributed by atoms with E-state index in [0.29, 0.717) is 16.8 Å². The van der Waals surface area contributed by atoms with Crippen molar-refractivity contribution >= 4 is 11.6 Å². The van der Waals surface area contributed by atoms with Gasteiger partial charge in [0.1, 0.15) is 5.75 Å². The van der Waals surface area contributed by atoms with E-state index in [2.05, 4.69) is 18.7 Å². The molecule has 0 bridgehead atoms. The molecule has 0 aliphatic carbocycles. The first-order valence-electron chi connectivity index (χ1n) is 6.28. The van der Waals surface area contributed by atoms with Crippen molar-refractivity contribution < 1.29 is 5.11 Å². The van der Waals surface area contributed by atoms with Gasteiger partial charge >= 0.3 is 0 Å². The van der Waals surface area contributed by atoms with Gasteiger partial charge in [-0.05, 0) is 44.4 Å². The lowest BCUT2D eigenvalue weighted by Crippen LogP contribution is -2.39. The topological polar surface area (TPSA) is 23.5 Å². The van der Waals surface area contributed by atoms with Gasteiger partial charge in [-0.15, -0.1) is 0 Å². The second-order valence-electron chi connectivity index (χ2n) is 5.19. The Morgan fingerprint density at radius 1 is 1.41 bits per heavy atom. The predicted octanol–water partition coefficient (Wildman–Crippen LogP) is 3.67. The van der Waals surface area contributed by atoms with Crippen LogP contribution in [0.3, 0.4) is 0 Å². The van der Waals surface area contributed by atoms with Crippen molar-refractivity contribution in [3.63, 3.8) is 0 Å². The Balaban J connectivity index is 2.10. The number of nitrogens with zero attached hydrogens (tertiary/aromatic N) is 1. The maximum absolute atomic E-state index is 9.85. The number of rotatable bonds is 2. The third-order valence-corrected chi connectivity index (χ3v) is 4.09. The largest absolute Gasteiger partial charge is 0.508 e. The van der Waals surface area contributed by atoms with Crippen LogP contribution >= 0.6 is 11.6 Å². The quantitative estimate of drug-likeness (QED) is 0.870. The van der Waals surface area contributed by atoms with Gasteiger partial charge in [0.15, 0.2) is 0 Å². The van der Waals surface area contributed by atoms with Crippen molar-refractivity contribution in [2.75, 3.05) is 6.54 Å². The van der Waals surface area contributed by atoms with E-state index in [1.807, 2.05) is 6.07 Å². The van der Waals surface area contributed by atoms with Crippen molar-refractivity contribution in [1.29, 1.82) is 0 Å². The Labute approximate surface area is 108 Å². The lowest BCUT2D eigenvalue weighted by atomic mass is 9.93. The average molecular weight is 254 g/mol. The molecule has 2 atom stereocenters. The molecule has 17 heavy (non-hydrogen) atoms. The van der Waals surface area contributed by atoms with Crippen molar-refractivity contribution in [3.8, 4) is 5.75 Å². The molecule has 1 aliphatic heterocycles. The van der Waals surface area contributed by atoms with Gasteiger partial charge in [0.05, 0.1) is 0 Å². The first-order chi connectivity index (χ1) is 8.08. The highest BCUT2D eigenvalue weighted by atomic mass is 35.5. The molecule has 0 amide bonds. The van der Waals surface area contributed by atoms with Crippen LogP contribution < -0.4 is 0 Å². The first kappa shape index (κ1) is 12.7. The highest BCUT2D eigenvalue weighted by Crippen LogP contribution is 2.30. The molecular formula is C14H20ClNO. The summed E-state index contributed by atoms with van der Waals surface area (Å²) in [5.74, 6) is 1.12. The summed E-state index contributed by atoms with van der Waals surface area (Å²) in [6, 6.07) is 5.89. The molecule has 1 heterocycles. The van der Waals surface area contributed by atoms with E-state index in [4.69, 9.17) is 11.6 Å². The summed E-state index contributed by atoms with van der Waals surface area (Å²) in [6.45, 7) is 6.40. The van der Waals surface area contributed by atoms with Crippen molar-refractivity contribution in [1.82, 2.24) is 4.90 Å². The summed E-state index contributed by atoms with van der Waals surface area (Å²) in [5.41, 5.74) is 0.857. The van der Waals surface area contributed by atoms with Gasteiger partial charge in [-0.3, -0.25) is 4.90 Å². The number of halogens is 1. The monoisotopic (exact) mass is 253 g/mol. The van der Waals surface area contributed by atoms with Gasteiger partial charge in [-0.1, -0.05) is 24.6 Å². The van der Waals surface area contributed by atoms with Crippen molar-refractivity contribution in [2.24, 2.45) is 5.92 Å². The van der Waals surface area contributed by atoms with Gasteiger partial charge < -0.3 is 5.11 Å².